The molecule has 0 radical (unpaired) electrons. The molecule has 6 nitrogen and oxygen atoms in total. The summed E-state index contributed by atoms with van der Waals surface area (Å²) in [6.07, 6.45) is 5.49. The van der Waals surface area contributed by atoms with Crippen LogP contribution in [0.3, 0.4) is 0 Å². The molecule has 0 aromatic carbocycles. The third-order valence-electron chi connectivity index (χ3n) is 2.01. The largest absolute Gasteiger partial charge is 0.481 e. The van der Waals surface area contributed by atoms with Crippen LogP contribution in [0, 0.1) is 0 Å². The van der Waals surface area contributed by atoms with E-state index in [0.717, 1.165) is 6.08 Å². The first-order valence-corrected chi connectivity index (χ1v) is 5.45. The normalized spacial score (nSPS) is 11.7. The maximum atomic E-state index is 10.5. The summed E-state index contributed by atoms with van der Waals surface area (Å²) in [6.45, 7) is 0. The summed E-state index contributed by atoms with van der Waals surface area (Å²) >= 11 is 0. The molecular weight excluding hydrogens is 240 g/mol. The lowest BCUT2D eigenvalue weighted by Gasteiger charge is -1.97. The van der Waals surface area contributed by atoms with E-state index in [9.17, 15) is 14.4 Å². The smallest absolute Gasteiger partial charge is 0.328 e. The Kier molecular flexibility index (Phi) is 7.92. The first kappa shape index (κ1) is 15.9. The molecule has 0 rings (SSSR count). The van der Waals surface area contributed by atoms with Gasteiger partial charge < -0.3 is 15.3 Å². The number of aliphatic carboxylic acids is 3. The monoisotopic (exact) mass is 256 g/mol. The highest BCUT2D eigenvalue weighted by molar-refractivity contribution is 5.83. The average Bonchev–Trinajstić information content (AvgIpc) is 2.20. The van der Waals surface area contributed by atoms with Crippen LogP contribution in [0.5, 0.6) is 0 Å². The molecule has 0 unspecified atom stereocenters. The molecule has 0 aliphatic carbocycles. The topological polar surface area (TPSA) is 112 Å². The molecule has 0 aromatic heterocycles. The summed E-state index contributed by atoms with van der Waals surface area (Å²) in [4.78, 5) is 31.1. The van der Waals surface area contributed by atoms with Crippen LogP contribution in [0.2, 0.25) is 0 Å². The van der Waals surface area contributed by atoms with Crippen molar-refractivity contribution in [3.05, 3.63) is 23.8 Å². The predicted octanol–water partition coefficient (Wildman–Crippen LogP) is 1.67. The zero-order valence-corrected chi connectivity index (χ0v) is 9.83. The van der Waals surface area contributed by atoms with Crippen LogP contribution < -0.4 is 0 Å². The van der Waals surface area contributed by atoms with Crippen LogP contribution in [-0.2, 0) is 14.4 Å². The van der Waals surface area contributed by atoms with Crippen LogP contribution in [0.4, 0.5) is 0 Å². The first-order valence-electron chi connectivity index (χ1n) is 5.45. The van der Waals surface area contributed by atoms with Crippen LogP contribution in [0.1, 0.15) is 32.1 Å². The highest BCUT2D eigenvalue weighted by atomic mass is 16.4. The Labute approximate surface area is 104 Å². The Bertz CT molecular complexity index is 367. The van der Waals surface area contributed by atoms with E-state index in [2.05, 4.69) is 0 Å². The van der Waals surface area contributed by atoms with Gasteiger partial charge in [0.2, 0.25) is 0 Å². The maximum absolute atomic E-state index is 10.5. The average molecular weight is 256 g/mol. The Morgan fingerprint density at radius 2 is 1.61 bits per heavy atom. The van der Waals surface area contributed by atoms with Gasteiger partial charge in [0, 0.05) is 12.5 Å². The summed E-state index contributed by atoms with van der Waals surface area (Å²) in [5.41, 5.74) is 0.202. The summed E-state index contributed by atoms with van der Waals surface area (Å²) in [5.74, 6) is -3.14. The van der Waals surface area contributed by atoms with Gasteiger partial charge in [-0.2, -0.15) is 0 Å². The molecular formula is C12H16O6. The van der Waals surface area contributed by atoms with E-state index in [1.807, 2.05) is 0 Å². The lowest BCUT2D eigenvalue weighted by Crippen LogP contribution is -1.98. The summed E-state index contributed by atoms with van der Waals surface area (Å²) in [6, 6.07) is 0. The van der Waals surface area contributed by atoms with Gasteiger partial charge in [-0.25, -0.2) is 4.79 Å². The van der Waals surface area contributed by atoms with Gasteiger partial charge in [0.1, 0.15) is 0 Å². The molecule has 0 aromatic rings. The lowest BCUT2D eigenvalue weighted by atomic mass is 10.1. The predicted molar refractivity (Wildman–Crippen MR) is 63.2 cm³/mol. The van der Waals surface area contributed by atoms with E-state index in [-0.39, 0.29) is 18.4 Å². The van der Waals surface area contributed by atoms with Crippen LogP contribution >= 0.6 is 0 Å². The molecule has 0 aliphatic heterocycles. The number of hydrogen-bond acceptors (Lipinski definition) is 3. The van der Waals surface area contributed by atoms with Crippen molar-refractivity contribution in [1.82, 2.24) is 0 Å². The minimum Gasteiger partial charge on any atom is -0.481 e. The maximum Gasteiger partial charge on any atom is 0.328 e. The molecule has 0 saturated carbocycles. The van der Waals surface area contributed by atoms with E-state index in [1.165, 1.54) is 6.08 Å². The summed E-state index contributed by atoms with van der Waals surface area (Å²) in [5, 5.41) is 25.5. The fourth-order valence-corrected chi connectivity index (χ4v) is 1.26. The number of allylic oxidation sites excluding steroid dienone is 2. The fourth-order valence-electron chi connectivity index (χ4n) is 1.26. The van der Waals surface area contributed by atoms with Gasteiger partial charge in [-0.1, -0.05) is 12.2 Å². The van der Waals surface area contributed by atoms with Gasteiger partial charge in [0.15, 0.2) is 0 Å². The van der Waals surface area contributed by atoms with Gasteiger partial charge in [0.05, 0.1) is 6.42 Å². The third-order valence-corrected chi connectivity index (χ3v) is 2.01. The third kappa shape index (κ3) is 10.4. The number of carbonyl (C=O) groups is 3. The zero-order chi connectivity index (χ0) is 14.0. The highest BCUT2D eigenvalue weighted by Gasteiger charge is 2.03. The second-order valence-electron chi connectivity index (χ2n) is 3.67. The van der Waals surface area contributed by atoms with Gasteiger partial charge >= 0.3 is 17.9 Å². The minimum absolute atomic E-state index is 0.0980. The van der Waals surface area contributed by atoms with E-state index >= 15 is 0 Å². The number of rotatable bonds is 9. The molecule has 100 valence electrons. The molecule has 0 aliphatic rings. The van der Waals surface area contributed by atoms with Crippen LogP contribution in [0.25, 0.3) is 0 Å². The van der Waals surface area contributed by atoms with Crippen molar-refractivity contribution in [3.8, 4) is 0 Å². The number of carboxylic acid groups (broad SMARTS) is 3. The summed E-state index contributed by atoms with van der Waals surface area (Å²) in [7, 11) is 0. The molecule has 0 spiro atoms. The van der Waals surface area contributed by atoms with Crippen molar-refractivity contribution >= 4 is 17.9 Å². The molecule has 3 N–H and O–H groups in total. The Morgan fingerprint density at radius 1 is 0.944 bits per heavy atom. The Balaban J connectivity index is 4.12. The second kappa shape index (κ2) is 8.98. The molecule has 0 atom stereocenters. The standard InChI is InChI=1S/C12H16O6/c13-10(14)6-4-2-1-3-5-9(7-11(15)16)8-12(17)18/h3,5,7H,1-2,4,6,8H2,(H,13,14)(H,15,16)(H,17,18)/b5-3+,9-7+. The molecule has 18 heavy (non-hydrogen) atoms. The van der Waals surface area contributed by atoms with Crippen molar-refractivity contribution in [2.45, 2.75) is 32.1 Å². The van der Waals surface area contributed by atoms with Crippen molar-refractivity contribution in [2.24, 2.45) is 0 Å². The number of unbranched alkanes of at least 4 members (excludes halogenated alkanes) is 2. The quantitative estimate of drug-likeness (QED) is 0.328. The Morgan fingerprint density at radius 3 is 2.11 bits per heavy atom. The first-order chi connectivity index (χ1) is 8.41. The van der Waals surface area contributed by atoms with Crippen molar-refractivity contribution in [1.29, 1.82) is 0 Å². The van der Waals surface area contributed by atoms with E-state index in [1.54, 1.807) is 6.08 Å². The van der Waals surface area contributed by atoms with Crippen LogP contribution in [0.15, 0.2) is 23.8 Å². The van der Waals surface area contributed by atoms with Gasteiger partial charge in [-0.05, 0) is 24.8 Å². The molecule has 0 bridgehead atoms. The number of hydrogen-bond donors (Lipinski definition) is 3. The highest BCUT2D eigenvalue weighted by Crippen LogP contribution is 2.07. The van der Waals surface area contributed by atoms with Gasteiger partial charge in [-0.3, -0.25) is 9.59 Å². The summed E-state index contributed by atoms with van der Waals surface area (Å²) < 4.78 is 0. The molecule has 0 saturated heterocycles. The van der Waals surface area contributed by atoms with Crippen molar-refractivity contribution < 1.29 is 29.7 Å². The van der Waals surface area contributed by atoms with Gasteiger partial charge in [0.25, 0.3) is 0 Å². The minimum atomic E-state index is -1.19. The van der Waals surface area contributed by atoms with Crippen molar-refractivity contribution in [2.75, 3.05) is 0 Å². The van der Waals surface area contributed by atoms with E-state index in [0.29, 0.717) is 19.3 Å². The second-order valence-corrected chi connectivity index (χ2v) is 3.67. The molecule has 0 heterocycles. The SMILES string of the molecule is O=C(O)/C=C(\C=C\CCCCC(=O)O)CC(=O)O. The molecule has 6 heteroatoms. The zero-order valence-electron chi connectivity index (χ0n) is 9.83. The van der Waals surface area contributed by atoms with Gasteiger partial charge in [-0.15, -0.1) is 0 Å². The molecule has 0 amide bonds. The van der Waals surface area contributed by atoms with Crippen LogP contribution in [-0.4, -0.2) is 33.2 Å². The fraction of sp³-hybridized carbons (Fsp3) is 0.417. The van der Waals surface area contributed by atoms with Crippen molar-refractivity contribution in [3.63, 3.8) is 0 Å². The van der Waals surface area contributed by atoms with E-state index < -0.39 is 17.9 Å². The molecule has 0 fully saturated rings. The number of carboxylic acids is 3. The lowest BCUT2D eigenvalue weighted by molar-refractivity contribution is -0.137. The van der Waals surface area contributed by atoms with E-state index in [4.69, 9.17) is 15.3 Å². The Hall–Kier alpha value is -2.11.